The van der Waals surface area contributed by atoms with Crippen LogP contribution in [0.15, 0.2) is 47.4 Å². The van der Waals surface area contributed by atoms with Gasteiger partial charge in [0.05, 0.1) is 22.6 Å². The fourth-order valence-electron chi connectivity index (χ4n) is 3.20. The average Bonchev–Trinajstić information content (AvgIpc) is 3.17. The van der Waals surface area contributed by atoms with Crippen molar-refractivity contribution in [2.24, 2.45) is 0 Å². The molecule has 152 valence electrons. The molecule has 3 aromatic rings. The normalized spacial score (nSPS) is 14.4. The van der Waals surface area contributed by atoms with Crippen molar-refractivity contribution in [1.29, 1.82) is 0 Å². The molecule has 4 rings (SSSR count). The summed E-state index contributed by atoms with van der Waals surface area (Å²) < 4.78 is 19.7. The predicted molar refractivity (Wildman–Crippen MR) is 117 cm³/mol. The van der Waals surface area contributed by atoms with Crippen LogP contribution < -0.4 is 9.64 Å². The molecule has 1 fully saturated rings. The van der Waals surface area contributed by atoms with Crippen LogP contribution in [0.5, 0.6) is 5.75 Å². The number of aromatic nitrogens is 1. The van der Waals surface area contributed by atoms with Crippen molar-refractivity contribution >= 4 is 44.4 Å². The molecule has 1 aromatic heterocycles. The van der Waals surface area contributed by atoms with Gasteiger partial charge in [-0.05, 0) is 49.4 Å². The summed E-state index contributed by atoms with van der Waals surface area (Å²) >= 11 is 3.10. The number of carbonyl (C=O) groups excluding carboxylic acids is 1. The molecule has 5 nitrogen and oxygen atoms in total. The highest BCUT2D eigenvalue weighted by atomic mass is 32.2. The van der Waals surface area contributed by atoms with E-state index in [1.807, 2.05) is 30.0 Å². The molecule has 2 heterocycles. The first kappa shape index (κ1) is 20.0. The zero-order valence-electron chi connectivity index (χ0n) is 16.1. The zero-order valence-corrected chi connectivity index (χ0v) is 17.8. The van der Waals surface area contributed by atoms with Crippen molar-refractivity contribution in [3.63, 3.8) is 0 Å². The maximum absolute atomic E-state index is 13.0. The number of carbonyl (C=O) groups is 1. The van der Waals surface area contributed by atoms with Crippen LogP contribution in [0.3, 0.4) is 0 Å². The van der Waals surface area contributed by atoms with Crippen molar-refractivity contribution in [2.75, 3.05) is 43.4 Å². The Balaban J connectivity index is 1.32. The maximum atomic E-state index is 13.0. The summed E-state index contributed by atoms with van der Waals surface area (Å²) in [6, 6.07) is 12.2. The predicted octanol–water partition coefficient (Wildman–Crippen LogP) is 4.28. The second-order valence-electron chi connectivity index (χ2n) is 6.67. The molecule has 1 aliphatic heterocycles. The van der Waals surface area contributed by atoms with E-state index in [0.717, 1.165) is 39.1 Å². The van der Waals surface area contributed by atoms with E-state index in [1.165, 1.54) is 23.9 Å². The Bertz CT molecular complexity index is 985. The summed E-state index contributed by atoms with van der Waals surface area (Å²) in [5.41, 5.74) is 0.975. The minimum absolute atomic E-state index is 0.115. The molecule has 0 saturated carbocycles. The lowest BCUT2D eigenvalue weighted by atomic mass is 10.3. The molecule has 0 unspecified atom stereocenters. The van der Waals surface area contributed by atoms with Crippen LogP contribution in [0, 0.1) is 5.82 Å². The minimum atomic E-state index is -0.263. The standard InChI is InChI=1S/C21H22FN3O2S2/c1-2-27-16-5-8-18-19(13-16)29-21(23-18)25-11-9-24(10-12-25)20(26)14-28-17-6-3-15(22)4-7-17/h3-8,13H,2,9-12,14H2,1H3. The maximum Gasteiger partial charge on any atom is 0.233 e. The molecule has 1 amide bonds. The van der Waals surface area contributed by atoms with Crippen LogP contribution in [-0.4, -0.2) is 54.3 Å². The number of benzene rings is 2. The summed E-state index contributed by atoms with van der Waals surface area (Å²) in [5.74, 6) is 1.09. The first-order chi connectivity index (χ1) is 14.1. The molecule has 1 saturated heterocycles. The van der Waals surface area contributed by atoms with Gasteiger partial charge in [-0.1, -0.05) is 11.3 Å². The van der Waals surface area contributed by atoms with Crippen molar-refractivity contribution < 1.29 is 13.9 Å². The first-order valence-electron chi connectivity index (χ1n) is 9.57. The molecule has 1 aliphatic rings. The summed E-state index contributed by atoms with van der Waals surface area (Å²) in [6.45, 7) is 5.52. The second-order valence-corrected chi connectivity index (χ2v) is 8.73. The van der Waals surface area contributed by atoms with Gasteiger partial charge in [0.25, 0.3) is 0 Å². The number of amides is 1. The van der Waals surface area contributed by atoms with Crippen LogP contribution in [-0.2, 0) is 4.79 Å². The Hall–Kier alpha value is -2.32. The molecule has 0 radical (unpaired) electrons. The average molecular weight is 432 g/mol. The third-order valence-corrected chi connectivity index (χ3v) is 6.81. The van der Waals surface area contributed by atoms with Crippen molar-refractivity contribution in [2.45, 2.75) is 11.8 Å². The van der Waals surface area contributed by atoms with Gasteiger partial charge in [0, 0.05) is 31.1 Å². The molecular weight excluding hydrogens is 409 g/mol. The van der Waals surface area contributed by atoms with Crippen LogP contribution in [0.1, 0.15) is 6.92 Å². The van der Waals surface area contributed by atoms with Gasteiger partial charge >= 0.3 is 0 Å². The van der Waals surface area contributed by atoms with E-state index < -0.39 is 0 Å². The van der Waals surface area contributed by atoms with Crippen LogP contribution in [0.4, 0.5) is 9.52 Å². The number of halogens is 1. The highest BCUT2D eigenvalue weighted by Gasteiger charge is 2.23. The number of fused-ring (bicyclic) bond motifs is 1. The third kappa shape index (κ3) is 4.82. The van der Waals surface area contributed by atoms with E-state index in [0.29, 0.717) is 25.4 Å². The zero-order chi connectivity index (χ0) is 20.2. The fraction of sp³-hybridized carbons (Fsp3) is 0.333. The smallest absolute Gasteiger partial charge is 0.233 e. The molecule has 8 heteroatoms. The van der Waals surface area contributed by atoms with Gasteiger partial charge in [0.1, 0.15) is 11.6 Å². The van der Waals surface area contributed by atoms with E-state index in [-0.39, 0.29) is 11.7 Å². The van der Waals surface area contributed by atoms with E-state index in [9.17, 15) is 9.18 Å². The van der Waals surface area contributed by atoms with E-state index in [1.54, 1.807) is 23.5 Å². The molecule has 0 N–H and O–H groups in total. The van der Waals surface area contributed by atoms with Crippen LogP contribution in [0.2, 0.25) is 0 Å². The number of thiazole rings is 1. The highest BCUT2D eigenvalue weighted by Crippen LogP contribution is 2.32. The number of hydrogen-bond acceptors (Lipinski definition) is 6. The largest absolute Gasteiger partial charge is 0.494 e. The van der Waals surface area contributed by atoms with Gasteiger partial charge in [-0.15, -0.1) is 11.8 Å². The topological polar surface area (TPSA) is 45.7 Å². The van der Waals surface area contributed by atoms with E-state index >= 15 is 0 Å². The quantitative estimate of drug-likeness (QED) is 0.546. The molecule has 0 atom stereocenters. The Morgan fingerprint density at radius 2 is 1.93 bits per heavy atom. The number of piperazine rings is 1. The van der Waals surface area contributed by atoms with Gasteiger partial charge in [-0.3, -0.25) is 4.79 Å². The molecule has 0 spiro atoms. The summed E-state index contributed by atoms with van der Waals surface area (Å²) in [6.07, 6.45) is 0. The number of thioether (sulfide) groups is 1. The lowest BCUT2D eigenvalue weighted by molar-refractivity contribution is -0.128. The number of ether oxygens (including phenoxy) is 1. The van der Waals surface area contributed by atoms with E-state index in [4.69, 9.17) is 9.72 Å². The third-order valence-electron chi connectivity index (χ3n) is 4.74. The van der Waals surface area contributed by atoms with Gasteiger partial charge < -0.3 is 14.5 Å². The van der Waals surface area contributed by atoms with Crippen LogP contribution >= 0.6 is 23.1 Å². The molecular formula is C21H22FN3O2S2. The Kier molecular flexibility index (Phi) is 6.20. The lowest BCUT2D eigenvalue weighted by Crippen LogP contribution is -2.49. The van der Waals surface area contributed by atoms with Crippen molar-refractivity contribution in [1.82, 2.24) is 9.88 Å². The SMILES string of the molecule is CCOc1ccc2nc(N3CCN(C(=O)CSc4ccc(F)cc4)CC3)sc2c1. The molecule has 29 heavy (non-hydrogen) atoms. The van der Waals surface area contributed by atoms with Gasteiger partial charge in [-0.2, -0.15) is 0 Å². The van der Waals surface area contributed by atoms with Crippen molar-refractivity contribution in [3.8, 4) is 5.75 Å². The second kappa shape index (κ2) is 9.00. The number of rotatable bonds is 6. The fourth-order valence-corrected chi connectivity index (χ4v) is 5.05. The number of hydrogen-bond donors (Lipinski definition) is 0. The Morgan fingerprint density at radius 3 is 2.66 bits per heavy atom. The van der Waals surface area contributed by atoms with Crippen molar-refractivity contribution in [3.05, 3.63) is 48.3 Å². The Labute approximate surface area is 177 Å². The molecule has 0 bridgehead atoms. The van der Waals surface area contributed by atoms with E-state index in [2.05, 4.69) is 4.90 Å². The lowest BCUT2D eigenvalue weighted by Gasteiger charge is -2.34. The summed E-state index contributed by atoms with van der Waals surface area (Å²) in [7, 11) is 0. The summed E-state index contributed by atoms with van der Waals surface area (Å²) in [5, 5.41) is 0.987. The van der Waals surface area contributed by atoms with Crippen LogP contribution in [0.25, 0.3) is 10.2 Å². The molecule has 2 aromatic carbocycles. The molecule has 0 aliphatic carbocycles. The highest BCUT2D eigenvalue weighted by molar-refractivity contribution is 8.00. The number of nitrogens with zero attached hydrogens (tertiary/aromatic N) is 3. The van der Waals surface area contributed by atoms with Gasteiger partial charge in [0.15, 0.2) is 5.13 Å². The first-order valence-corrected chi connectivity index (χ1v) is 11.4. The summed E-state index contributed by atoms with van der Waals surface area (Å²) in [4.78, 5) is 22.3. The van der Waals surface area contributed by atoms with Gasteiger partial charge in [-0.25, -0.2) is 9.37 Å². The number of anilines is 1. The monoisotopic (exact) mass is 431 g/mol. The van der Waals surface area contributed by atoms with Gasteiger partial charge in [0.2, 0.25) is 5.91 Å². The minimum Gasteiger partial charge on any atom is -0.494 e. The Morgan fingerprint density at radius 1 is 1.17 bits per heavy atom.